The summed E-state index contributed by atoms with van der Waals surface area (Å²) in [4.78, 5) is 0. The lowest BCUT2D eigenvalue weighted by molar-refractivity contribution is -0.0382. The minimum Gasteiger partial charge on any atom is -0.390 e. The Bertz CT molecular complexity index is 340. The first kappa shape index (κ1) is 13.8. The molecule has 0 aliphatic rings. The topological polar surface area (TPSA) is 29.5 Å². The van der Waals surface area contributed by atoms with Crippen molar-refractivity contribution in [3.8, 4) is 12.3 Å². The molecule has 0 fully saturated rings. The second-order valence-corrected chi connectivity index (χ2v) is 3.95. The minimum atomic E-state index is -0.495. The molecule has 1 aromatic carbocycles. The van der Waals surface area contributed by atoms with Crippen molar-refractivity contribution >= 4 is 0 Å². The zero-order valence-corrected chi connectivity index (χ0v) is 10.3. The summed E-state index contributed by atoms with van der Waals surface area (Å²) in [5.74, 6) is 2.58. The van der Waals surface area contributed by atoms with Gasteiger partial charge in [-0.1, -0.05) is 30.3 Å². The van der Waals surface area contributed by atoms with Gasteiger partial charge < -0.3 is 9.84 Å². The van der Waals surface area contributed by atoms with Crippen molar-refractivity contribution in [2.75, 3.05) is 6.61 Å². The van der Waals surface area contributed by atoms with Crippen molar-refractivity contribution in [2.24, 2.45) is 0 Å². The summed E-state index contributed by atoms with van der Waals surface area (Å²) in [5.41, 5.74) is 1.02. The van der Waals surface area contributed by atoms with Crippen LogP contribution >= 0.6 is 0 Å². The van der Waals surface area contributed by atoms with Gasteiger partial charge >= 0.3 is 0 Å². The Morgan fingerprint density at radius 2 is 2.06 bits per heavy atom. The highest BCUT2D eigenvalue weighted by Crippen LogP contribution is 2.24. The Hall–Kier alpha value is -1.30. The van der Waals surface area contributed by atoms with Gasteiger partial charge in [0.1, 0.15) is 6.10 Å². The molecule has 0 aromatic heterocycles. The largest absolute Gasteiger partial charge is 0.390 e. The van der Waals surface area contributed by atoms with E-state index in [9.17, 15) is 5.11 Å². The van der Waals surface area contributed by atoms with Crippen molar-refractivity contribution in [1.82, 2.24) is 0 Å². The Morgan fingerprint density at radius 3 is 2.65 bits per heavy atom. The number of benzene rings is 1. The number of terminal acetylenes is 1. The van der Waals surface area contributed by atoms with Crippen LogP contribution in [0.5, 0.6) is 0 Å². The van der Waals surface area contributed by atoms with E-state index in [4.69, 9.17) is 11.2 Å². The maximum Gasteiger partial charge on any atom is 0.108 e. The molecule has 2 unspecified atom stereocenters. The number of hydrogen-bond donors (Lipinski definition) is 1. The van der Waals surface area contributed by atoms with E-state index in [1.807, 2.05) is 37.3 Å². The van der Waals surface area contributed by atoms with Crippen molar-refractivity contribution in [3.63, 3.8) is 0 Å². The highest BCUT2D eigenvalue weighted by Gasteiger charge is 2.20. The van der Waals surface area contributed by atoms with Crippen LogP contribution in [-0.4, -0.2) is 17.8 Å². The van der Waals surface area contributed by atoms with Crippen LogP contribution in [0.1, 0.15) is 37.9 Å². The van der Waals surface area contributed by atoms with Crippen LogP contribution in [-0.2, 0) is 4.74 Å². The molecule has 1 rings (SSSR count). The maximum absolute atomic E-state index is 10.1. The first-order valence-corrected chi connectivity index (χ1v) is 6.07. The number of aliphatic hydroxyl groups excluding tert-OH is 1. The monoisotopic (exact) mass is 232 g/mol. The summed E-state index contributed by atoms with van der Waals surface area (Å²) in [6.45, 7) is 2.52. The van der Waals surface area contributed by atoms with E-state index in [0.717, 1.165) is 12.0 Å². The minimum absolute atomic E-state index is 0.251. The van der Waals surface area contributed by atoms with Gasteiger partial charge in [0.25, 0.3) is 0 Å². The van der Waals surface area contributed by atoms with Gasteiger partial charge in [-0.15, -0.1) is 12.3 Å². The molecule has 0 aliphatic carbocycles. The molecule has 17 heavy (non-hydrogen) atoms. The van der Waals surface area contributed by atoms with E-state index in [1.54, 1.807) is 0 Å². The molecular formula is C15H20O2. The molecule has 0 aliphatic heterocycles. The average Bonchev–Trinajstić information content (AvgIpc) is 2.37. The molecule has 1 aromatic rings. The summed E-state index contributed by atoms with van der Waals surface area (Å²) in [5, 5.41) is 10.1. The van der Waals surface area contributed by atoms with E-state index in [-0.39, 0.29) is 6.10 Å². The predicted molar refractivity (Wildman–Crippen MR) is 69.5 cm³/mol. The number of unbranched alkanes of at least 4 members (excludes halogenated alkanes) is 1. The number of aliphatic hydroxyl groups is 1. The molecule has 0 saturated carbocycles. The molecule has 1 N–H and O–H groups in total. The number of ether oxygens (including phenoxy) is 1. The third-order valence-electron chi connectivity index (χ3n) is 2.64. The van der Waals surface area contributed by atoms with Crippen molar-refractivity contribution < 1.29 is 9.84 Å². The third kappa shape index (κ3) is 4.60. The predicted octanol–water partition coefficient (Wildman–Crippen LogP) is 2.93. The molecule has 0 spiro atoms. The zero-order chi connectivity index (χ0) is 12.5. The Kier molecular flexibility index (Phi) is 6.39. The zero-order valence-electron chi connectivity index (χ0n) is 10.3. The molecule has 2 heteroatoms. The van der Waals surface area contributed by atoms with Crippen LogP contribution in [0.4, 0.5) is 0 Å². The van der Waals surface area contributed by atoms with E-state index in [0.29, 0.717) is 19.4 Å². The molecule has 0 saturated heterocycles. The lowest BCUT2D eigenvalue weighted by Crippen LogP contribution is -2.21. The van der Waals surface area contributed by atoms with E-state index < -0.39 is 6.10 Å². The Morgan fingerprint density at radius 1 is 1.35 bits per heavy atom. The van der Waals surface area contributed by atoms with Gasteiger partial charge in [-0.25, -0.2) is 0 Å². The van der Waals surface area contributed by atoms with Crippen LogP contribution in [0.3, 0.4) is 0 Å². The second-order valence-electron chi connectivity index (χ2n) is 3.95. The molecule has 2 nitrogen and oxygen atoms in total. The van der Waals surface area contributed by atoms with Gasteiger partial charge in [0.2, 0.25) is 0 Å². The van der Waals surface area contributed by atoms with Crippen LogP contribution in [0, 0.1) is 12.3 Å². The van der Waals surface area contributed by atoms with Gasteiger partial charge in [0.05, 0.1) is 6.10 Å². The summed E-state index contributed by atoms with van der Waals surface area (Å²) < 4.78 is 5.62. The first-order valence-electron chi connectivity index (χ1n) is 6.07. The van der Waals surface area contributed by atoms with E-state index in [1.165, 1.54) is 0 Å². The quantitative estimate of drug-likeness (QED) is 0.578. The van der Waals surface area contributed by atoms with Crippen molar-refractivity contribution in [2.45, 2.75) is 38.4 Å². The first-order chi connectivity index (χ1) is 8.29. The van der Waals surface area contributed by atoms with Crippen molar-refractivity contribution in [1.29, 1.82) is 0 Å². The summed E-state index contributed by atoms with van der Waals surface area (Å²) in [6.07, 6.45) is 6.65. The maximum atomic E-state index is 10.1. The second kappa shape index (κ2) is 7.89. The van der Waals surface area contributed by atoms with Gasteiger partial charge in [-0.2, -0.15) is 0 Å². The van der Waals surface area contributed by atoms with Crippen LogP contribution in [0.15, 0.2) is 30.3 Å². The molecule has 92 valence electrons. The van der Waals surface area contributed by atoms with Crippen LogP contribution in [0.2, 0.25) is 0 Å². The summed E-state index contributed by atoms with van der Waals surface area (Å²) >= 11 is 0. The molecule has 2 atom stereocenters. The fourth-order valence-corrected chi connectivity index (χ4v) is 1.82. The van der Waals surface area contributed by atoms with Gasteiger partial charge in [-0.3, -0.25) is 0 Å². The van der Waals surface area contributed by atoms with Crippen LogP contribution in [0.25, 0.3) is 0 Å². The summed E-state index contributed by atoms with van der Waals surface area (Å²) in [7, 11) is 0. The van der Waals surface area contributed by atoms with E-state index in [2.05, 4.69) is 5.92 Å². The van der Waals surface area contributed by atoms with E-state index >= 15 is 0 Å². The van der Waals surface area contributed by atoms with Crippen LogP contribution < -0.4 is 0 Å². The molecule has 0 radical (unpaired) electrons. The normalized spacial score (nSPS) is 13.9. The lowest BCUT2D eigenvalue weighted by Gasteiger charge is -2.23. The fourth-order valence-electron chi connectivity index (χ4n) is 1.82. The van der Waals surface area contributed by atoms with Gasteiger partial charge in [-0.05, 0) is 25.3 Å². The number of hydrogen-bond acceptors (Lipinski definition) is 2. The third-order valence-corrected chi connectivity index (χ3v) is 2.64. The van der Waals surface area contributed by atoms with Crippen molar-refractivity contribution in [3.05, 3.63) is 35.9 Å². The average molecular weight is 232 g/mol. The fraction of sp³-hybridized carbons (Fsp3) is 0.467. The highest BCUT2D eigenvalue weighted by atomic mass is 16.5. The Balaban J connectivity index is 2.62. The Labute approximate surface area is 104 Å². The molecule has 0 heterocycles. The van der Waals surface area contributed by atoms with Gasteiger partial charge in [0, 0.05) is 13.0 Å². The standard InChI is InChI=1S/C15H20O2/c1-3-5-7-12-14(16)15(17-4-2)13-10-8-6-9-11-13/h1,6,8-11,14-16H,4-5,7,12H2,2H3. The molecule has 0 bridgehead atoms. The SMILES string of the molecule is C#CCCCC(O)C(OCC)c1ccccc1. The summed E-state index contributed by atoms with van der Waals surface area (Å²) in [6, 6.07) is 9.82. The smallest absolute Gasteiger partial charge is 0.108 e. The highest BCUT2D eigenvalue weighted by molar-refractivity contribution is 5.18. The van der Waals surface area contributed by atoms with Gasteiger partial charge in [0.15, 0.2) is 0 Å². The molecule has 0 amide bonds. The molecular weight excluding hydrogens is 212 g/mol. The lowest BCUT2D eigenvalue weighted by atomic mass is 10.00. The number of rotatable bonds is 7.